The van der Waals surface area contributed by atoms with Gasteiger partial charge in [0.25, 0.3) is 11.5 Å². The second kappa shape index (κ2) is 9.13. The van der Waals surface area contributed by atoms with Crippen molar-refractivity contribution in [2.45, 2.75) is 0 Å². The lowest BCUT2D eigenvalue weighted by atomic mass is 10.1. The van der Waals surface area contributed by atoms with Crippen LogP contribution in [0.5, 0.6) is 11.5 Å². The number of nitrogens with zero attached hydrogens (tertiary/aromatic N) is 1. The summed E-state index contributed by atoms with van der Waals surface area (Å²) in [6.07, 6.45) is 1.71. The molecular formula is C24H21N3O4. The summed E-state index contributed by atoms with van der Waals surface area (Å²) in [6, 6.07) is 20.0. The number of carbonyl (C=O) groups is 1. The van der Waals surface area contributed by atoms with Crippen LogP contribution in [0.3, 0.4) is 0 Å². The molecule has 0 saturated carbocycles. The minimum atomic E-state index is -0.456. The summed E-state index contributed by atoms with van der Waals surface area (Å²) in [7, 11) is 1.59. The Hall–Kier alpha value is -4.13. The molecule has 7 heteroatoms. The second-order valence-corrected chi connectivity index (χ2v) is 6.78. The normalized spacial score (nSPS) is 10.6. The van der Waals surface area contributed by atoms with Crippen LogP contribution in [-0.4, -0.2) is 36.1 Å². The van der Waals surface area contributed by atoms with Crippen LogP contribution in [0.1, 0.15) is 10.4 Å². The summed E-state index contributed by atoms with van der Waals surface area (Å²) in [6.45, 7) is 0.505. The number of ether oxygens (including phenoxy) is 2. The van der Waals surface area contributed by atoms with Gasteiger partial charge in [0, 0.05) is 17.3 Å². The van der Waals surface area contributed by atoms with Crippen LogP contribution in [0.15, 0.2) is 77.7 Å². The van der Waals surface area contributed by atoms with Gasteiger partial charge in [0.2, 0.25) is 0 Å². The summed E-state index contributed by atoms with van der Waals surface area (Å²) in [5.41, 5.74) is 1.80. The fourth-order valence-corrected chi connectivity index (χ4v) is 3.20. The van der Waals surface area contributed by atoms with Gasteiger partial charge in [0.15, 0.2) is 0 Å². The first-order valence-corrected chi connectivity index (χ1v) is 9.78. The molecule has 0 aliphatic heterocycles. The van der Waals surface area contributed by atoms with E-state index in [2.05, 4.69) is 15.3 Å². The Morgan fingerprint density at radius 2 is 1.84 bits per heavy atom. The molecule has 0 aliphatic carbocycles. The average Bonchev–Trinajstić information content (AvgIpc) is 2.81. The lowest BCUT2D eigenvalue weighted by Gasteiger charge is -2.10. The Balaban J connectivity index is 1.36. The minimum Gasteiger partial charge on any atom is -0.497 e. The second-order valence-electron chi connectivity index (χ2n) is 6.78. The van der Waals surface area contributed by atoms with Gasteiger partial charge in [-0.15, -0.1) is 0 Å². The number of benzene rings is 2. The van der Waals surface area contributed by atoms with Gasteiger partial charge < -0.3 is 19.8 Å². The molecule has 2 heterocycles. The van der Waals surface area contributed by atoms with Crippen molar-refractivity contribution in [1.29, 1.82) is 0 Å². The zero-order valence-electron chi connectivity index (χ0n) is 16.9. The van der Waals surface area contributed by atoms with E-state index in [1.165, 1.54) is 6.07 Å². The molecule has 2 N–H and O–H groups in total. The summed E-state index contributed by atoms with van der Waals surface area (Å²) >= 11 is 0. The summed E-state index contributed by atoms with van der Waals surface area (Å²) in [4.78, 5) is 31.9. The van der Waals surface area contributed by atoms with Gasteiger partial charge in [-0.05, 0) is 54.1 Å². The van der Waals surface area contributed by atoms with Crippen LogP contribution >= 0.6 is 0 Å². The number of aromatic amines is 1. The van der Waals surface area contributed by atoms with E-state index in [1.54, 1.807) is 31.5 Å². The zero-order valence-corrected chi connectivity index (χ0v) is 16.9. The van der Waals surface area contributed by atoms with Crippen LogP contribution in [0, 0.1) is 0 Å². The highest BCUT2D eigenvalue weighted by Gasteiger charge is 2.11. The number of hydrogen-bond donors (Lipinski definition) is 2. The third-order valence-corrected chi connectivity index (χ3v) is 4.80. The highest BCUT2D eigenvalue weighted by Crippen LogP contribution is 2.22. The molecule has 4 aromatic rings. The Labute approximate surface area is 178 Å². The summed E-state index contributed by atoms with van der Waals surface area (Å²) in [5.74, 6) is 0.916. The van der Waals surface area contributed by atoms with E-state index in [0.29, 0.717) is 11.4 Å². The molecule has 0 atom stereocenters. The largest absolute Gasteiger partial charge is 0.497 e. The maximum atomic E-state index is 12.4. The first kappa shape index (κ1) is 20.2. The third-order valence-electron chi connectivity index (χ3n) is 4.80. The maximum Gasteiger partial charge on any atom is 0.261 e. The highest BCUT2D eigenvalue weighted by molar-refractivity contribution is 5.94. The molecule has 2 aromatic heterocycles. The van der Waals surface area contributed by atoms with Gasteiger partial charge in [-0.25, -0.2) is 0 Å². The minimum absolute atomic E-state index is 0.0455. The molecular weight excluding hydrogens is 394 g/mol. The number of fused-ring (bicyclic) bond motifs is 1. The number of carbonyl (C=O) groups excluding carboxylic acids is 1. The Bertz CT molecular complexity index is 1260. The Morgan fingerprint density at radius 1 is 1.03 bits per heavy atom. The van der Waals surface area contributed by atoms with Crippen molar-refractivity contribution in [3.05, 3.63) is 88.8 Å². The number of H-pyrrole nitrogens is 1. The molecule has 0 spiro atoms. The lowest BCUT2D eigenvalue weighted by molar-refractivity contribution is 0.0945. The average molecular weight is 415 g/mol. The molecule has 0 fully saturated rings. The molecule has 0 aliphatic rings. The van der Waals surface area contributed by atoms with Crippen molar-refractivity contribution in [1.82, 2.24) is 15.3 Å². The van der Waals surface area contributed by atoms with Crippen molar-refractivity contribution in [3.8, 4) is 22.8 Å². The van der Waals surface area contributed by atoms with E-state index in [4.69, 9.17) is 9.47 Å². The van der Waals surface area contributed by atoms with Crippen molar-refractivity contribution in [2.75, 3.05) is 20.3 Å². The van der Waals surface area contributed by atoms with Gasteiger partial charge in [0.05, 0.1) is 13.7 Å². The van der Waals surface area contributed by atoms with Gasteiger partial charge in [-0.1, -0.05) is 18.2 Å². The summed E-state index contributed by atoms with van der Waals surface area (Å²) in [5, 5.41) is 3.69. The van der Waals surface area contributed by atoms with Gasteiger partial charge >= 0.3 is 0 Å². The predicted octanol–water partition coefficient (Wildman–Crippen LogP) is 3.41. The fraction of sp³-hybridized carbons (Fsp3) is 0.125. The first-order chi connectivity index (χ1) is 15.2. The number of methoxy groups -OCH3 is 1. The number of rotatable bonds is 7. The SMILES string of the molecule is COc1ccc(-c2ccc(C(=O)NCCOc3cccc4cccnc34)c(=O)[nH]2)cc1. The molecule has 0 radical (unpaired) electrons. The fourth-order valence-electron chi connectivity index (χ4n) is 3.20. The number of hydrogen-bond acceptors (Lipinski definition) is 5. The van der Waals surface area contributed by atoms with Gasteiger partial charge in [0.1, 0.15) is 29.2 Å². The zero-order chi connectivity index (χ0) is 21.6. The summed E-state index contributed by atoms with van der Waals surface area (Å²) < 4.78 is 10.9. The van der Waals surface area contributed by atoms with Crippen molar-refractivity contribution >= 4 is 16.8 Å². The number of pyridine rings is 2. The smallest absolute Gasteiger partial charge is 0.261 e. The van der Waals surface area contributed by atoms with E-state index in [9.17, 15) is 9.59 Å². The van der Waals surface area contributed by atoms with Crippen LogP contribution in [0.4, 0.5) is 0 Å². The standard InChI is InChI=1S/C24H21N3O4/c1-30-18-9-7-16(8-10-18)20-12-11-19(24(29)27-20)23(28)26-14-15-31-21-6-2-4-17-5-3-13-25-22(17)21/h2-13H,14-15H2,1H3,(H,26,28)(H,27,29). The van der Waals surface area contributed by atoms with Crippen LogP contribution in [0.2, 0.25) is 0 Å². The molecule has 4 rings (SSSR count). The monoisotopic (exact) mass is 415 g/mol. The van der Waals surface area contributed by atoms with Crippen LogP contribution in [0.25, 0.3) is 22.2 Å². The van der Waals surface area contributed by atoms with Gasteiger partial charge in [-0.3, -0.25) is 14.6 Å². The molecule has 0 bridgehead atoms. The molecule has 7 nitrogen and oxygen atoms in total. The first-order valence-electron chi connectivity index (χ1n) is 9.78. The number of nitrogens with one attached hydrogen (secondary N) is 2. The van der Waals surface area contributed by atoms with E-state index < -0.39 is 11.5 Å². The number of amides is 1. The maximum absolute atomic E-state index is 12.4. The van der Waals surface area contributed by atoms with E-state index >= 15 is 0 Å². The van der Waals surface area contributed by atoms with Gasteiger partial charge in [-0.2, -0.15) is 0 Å². The Kier molecular flexibility index (Phi) is 5.93. The number of para-hydroxylation sites is 1. The highest BCUT2D eigenvalue weighted by atomic mass is 16.5. The Morgan fingerprint density at radius 3 is 2.61 bits per heavy atom. The molecule has 0 saturated heterocycles. The van der Waals surface area contributed by atoms with Crippen LogP contribution < -0.4 is 20.3 Å². The lowest BCUT2D eigenvalue weighted by Crippen LogP contribution is -2.32. The van der Waals surface area contributed by atoms with E-state index in [0.717, 1.165) is 22.2 Å². The molecule has 156 valence electrons. The van der Waals surface area contributed by atoms with E-state index in [-0.39, 0.29) is 18.7 Å². The third kappa shape index (κ3) is 4.56. The molecule has 0 unspecified atom stereocenters. The number of aromatic nitrogens is 2. The van der Waals surface area contributed by atoms with Crippen molar-refractivity contribution < 1.29 is 14.3 Å². The molecule has 2 aromatic carbocycles. The van der Waals surface area contributed by atoms with Crippen molar-refractivity contribution in [3.63, 3.8) is 0 Å². The molecule has 1 amide bonds. The molecule has 31 heavy (non-hydrogen) atoms. The van der Waals surface area contributed by atoms with Crippen LogP contribution in [-0.2, 0) is 0 Å². The topological polar surface area (TPSA) is 93.3 Å². The quantitative estimate of drug-likeness (QED) is 0.451. The van der Waals surface area contributed by atoms with E-state index in [1.807, 2.05) is 42.5 Å². The predicted molar refractivity (Wildman–Crippen MR) is 119 cm³/mol. The van der Waals surface area contributed by atoms with Crippen molar-refractivity contribution in [2.24, 2.45) is 0 Å².